The van der Waals surface area contributed by atoms with E-state index < -0.39 is 0 Å². The zero-order chi connectivity index (χ0) is 17.8. The molecule has 2 aromatic carbocycles. The molecule has 0 saturated carbocycles. The Kier molecular flexibility index (Phi) is 5.61. The van der Waals surface area contributed by atoms with Crippen molar-refractivity contribution in [2.24, 2.45) is 10.9 Å². The van der Waals surface area contributed by atoms with Crippen molar-refractivity contribution in [3.63, 3.8) is 0 Å². The third-order valence-corrected chi connectivity index (χ3v) is 4.96. The second-order valence-electron chi connectivity index (χ2n) is 6.17. The number of amidine groups is 1. The number of hydrogen-bond acceptors (Lipinski definition) is 3. The smallest absolute Gasteiger partial charge is 0.266 e. The molecule has 5 heteroatoms. The Morgan fingerprint density at radius 2 is 1.80 bits per heavy atom. The quantitative estimate of drug-likeness (QED) is 0.656. The van der Waals surface area contributed by atoms with E-state index in [1.807, 2.05) is 60.7 Å². The first kappa shape index (κ1) is 17.8. The monoisotopic (exact) mass is 370 g/mol. The number of rotatable bonds is 4. The Hall–Kier alpha value is -2.04. The second-order valence-corrected chi connectivity index (χ2v) is 7.59. The van der Waals surface area contributed by atoms with E-state index in [0.29, 0.717) is 27.6 Å². The first-order valence-corrected chi connectivity index (χ1v) is 9.33. The van der Waals surface area contributed by atoms with E-state index >= 15 is 0 Å². The summed E-state index contributed by atoms with van der Waals surface area (Å²) in [5.41, 5.74) is 1.68. The summed E-state index contributed by atoms with van der Waals surface area (Å²) in [5.74, 6) is 0.332. The van der Waals surface area contributed by atoms with Crippen LogP contribution in [0, 0.1) is 5.92 Å². The van der Waals surface area contributed by atoms with Gasteiger partial charge in [-0.05, 0) is 47.5 Å². The molecule has 128 valence electrons. The van der Waals surface area contributed by atoms with Crippen LogP contribution in [0.3, 0.4) is 0 Å². The standard InChI is InChI=1S/C20H19ClN2OS/c1-14(2)13-23-19(24)18(12-15-8-6-7-11-17(15)21)25-20(23)22-16-9-4-3-5-10-16/h3-12,14H,13H2,1-2H3/b18-12+,22-20?. The molecule has 2 aromatic rings. The van der Waals surface area contributed by atoms with Crippen LogP contribution < -0.4 is 0 Å². The highest BCUT2D eigenvalue weighted by Gasteiger charge is 2.33. The van der Waals surface area contributed by atoms with Gasteiger partial charge >= 0.3 is 0 Å². The maximum absolute atomic E-state index is 12.9. The third-order valence-electron chi connectivity index (χ3n) is 3.61. The van der Waals surface area contributed by atoms with Crippen LogP contribution in [0.15, 0.2) is 64.5 Å². The summed E-state index contributed by atoms with van der Waals surface area (Å²) in [7, 11) is 0. The number of amides is 1. The van der Waals surface area contributed by atoms with Gasteiger partial charge in [0.25, 0.3) is 5.91 Å². The van der Waals surface area contributed by atoms with E-state index in [-0.39, 0.29) is 5.91 Å². The molecule has 3 rings (SSSR count). The topological polar surface area (TPSA) is 32.7 Å². The van der Waals surface area contributed by atoms with Crippen molar-refractivity contribution < 1.29 is 4.79 Å². The Morgan fingerprint density at radius 3 is 2.48 bits per heavy atom. The van der Waals surface area contributed by atoms with Crippen molar-refractivity contribution in [1.82, 2.24) is 4.90 Å². The number of aliphatic imine (C=N–C) groups is 1. The van der Waals surface area contributed by atoms with Crippen LogP contribution in [0.2, 0.25) is 5.02 Å². The van der Waals surface area contributed by atoms with Gasteiger partial charge in [0.2, 0.25) is 0 Å². The minimum atomic E-state index is -0.0201. The number of carbonyl (C=O) groups excluding carboxylic acids is 1. The summed E-state index contributed by atoms with van der Waals surface area (Å²) in [6.07, 6.45) is 1.84. The fourth-order valence-corrected chi connectivity index (χ4v) is 3.65. The molecule has 3 nitrogen and oxygen atoms in total. The van der Waals surface area contributed by atoms with E-state index in [0.717, 1.165) is 11.3 Å². The number of carbonyl (C=O) groups is 1. The first-order valence-electron chi connectivity index (χ1n) is 8.14. The Morgan fingerprint density at radius 1 is 1.12 bits per heavy atom. The van der Waals surface area contributed by atoms with Gasteiger partial charge in [-0.15, -0.1) is 0 Å². The zero-order valence-corrected chi connectivity index (χ0v) is 15.7. The van der Waals surface area contributed by atoms with E-state index in [1.54, 1.807) is 4.90 Å². The van der Waals surface area contributed by atoms with Gasteiger partial charge in [-0.25, -0.2) is 4.99 Å². The molecule has 0 aliphatic carbocycles. The lowest BCUT2D eigenvalue weighted by atomic mass is 10.2. The molecule has 0 bridgehead atoms. The Balaban J connectivity index is 1.97. The predicted octanol–water partition coefficient (Wildman–Crippen LogP) is 5.60. The van der Waals surface area contributed by atoms with Crippen molar-refractivity contribution in [1.29, 1.82) is 0 Å². The van der Waals surface area contributed by atoms with Crippen molar-refractivity contribution in [3.8, 4) is 0 Å². The number of benzene rings is 2. The number of nitrogens with zero attached hydrogens (tertiary/aromatic N) is 2. The molecular weight excluding hydrogens is 352 g/mol. The lowest BCUT2D eigenvalue weighted by molar-refractivity contribution is -0.122. The molecule has 0 atom stereocenters. The van der Waals surface area contributed by atoms with Crippen LogP contribution in [0.4, 0.5) is 5.69 Å². The van der Waals surface area contributed by atoms with Gasteiger partial charge in [-0.1, -0.05) is 61.8 Å². The van der Waals surface area contributed by atoms with Crippen LogP contribution in [0.25, 0.3) is 6.08 Å². The van der Waals surface area contributed by atoms with Crippen LogP contribution in [0.1, 0.15) is 19.4 Å². The summed E-state index contributed by atoms with van der Waals surface area (Å²) in [5, 5.41) is 1.34. The first-order chi connectivity index (χ1) is 12.0. The Bertz CT molecular complexity index is 831. The van der Waals surface area contributed by atoms with E-state index in [4.69, 9.17) is 11.6 Å². The summed E-state index contributed by atoms with van der Waals surface area (Å²) in [4.78, 5) is 19.9. The lowest BCUT2D eigenvalue weighted by Gasteiger charge is -2.17. The van der Waals surface area contributed by atoms with Gasteiger partial charge in [0.15, 0.2) is 5.17 Å². The highest BCUT2D eigenvalue weighted by atomic mass is 35.5. The fraction of sp³-hybridized carbons (Fsp3) is 0.200. The summed E-state index contributed by atoms with van der Waals surface area (Å²) in [6, 6.07) is 17.2. The van der Waals surface area contributed by atoms with E-state index in [2.05, 4.69) is 18.8 Å². The second kappa shape index (κ2) is 7.89. The Labute approximate surface area is 157 Å². The van der Waals surface area contributed by atoms with Gasteiger partial charge in [-0.2, -0.15) is 0 Å². The van der Waals surface area contributed by atoms with Crippen LogP contribution >= 0.6 is 23.4 Å². The number of hydrogen-bond donors (Lipinski definition) is 0. The summed E-state index contributed by atoms with van der Waals surface area (Å²) in [6.45, 7) is 4.82. The molecule has 0 radical (unpaired) electrons. The molecule has 1 amide bonds. The van der Waals surface area contributed by atoms with Gasteiger partial charge < -0.3 is 0 Å². The minimum Gasteiger partial charge on any atom is -0.286 e. The molecule has 0 N–H and O–H groups in total. The van der Waals surface area contributed by atoms with Crippen molar-refractivity contribution in [2.45, 2.75) is 13.8 Å². The molecule has 1 aliphatic heterocycles. The largest absolute Gasteiger partial charge is 0.286 e. The van der Waals surface area contributed by atoms with Crippen LogP contribution in [-0.4, -0.2) is 22.5 Å². The molecule has 0 spiro atoms. The normalized spacial score (nSPS) is 17.9. The highest BCUT2D eigenvalue weighted by molar-refractivity contribution is 8.18. The van der Waals surface area contributed by atoms with Crippen molar-refractivity contribution in [2.75, 3.05) is 6.54 Å². The van der Waals surface area contributed by atoms with Crippen molar-refractivity contribution >= 4 is 46.2 Å². The maximum atomic E-state index is 12.9. The maximum Gasteiger partial charge on any atom is 0.266 e. The molecule has 0 unspecified atom stereocenters. The van der Waals surface area contributed by atoms with Gasteiger partial charge in [0.1, 0.15) is 0 Å². The molecule has 1 fully saturated rings. The van der Waals surface area contributed by atoms with E-state index in [9.17, 15) is 4.79 Å². The molecule has 1 aliphatic rings. The van der Waals surface area contributed by atoms with Crippen molar-refractivity contribution in [3.05, 3.63) is 70.1 Å². The average Bonchev–Trinajstić information content (AvgIpc) is 2.86. The van der Waals surface area contributed by atoms with Gasteiger partial charge in [-0.3, -0.25) is 9.69 Å². The van der Waals surface area contributed by atoms with E-state index in [1.165, 1.54) is 11.8 Å². The number of thioether (sulfide) groups is 1. The predicted molar refractivity (Wildman–Crippen MR) is 107 cm³/mol. The van der Waals surface area contributed by atoms with Gasteiger partial charge in [0.05, 0.1) is 10.6 Å². The fourth-order valence-electron chi connectivity index (χ4n) is 2.46. The number of halogens is 1. The lowest BCUT2D eigenvalue weighted by Crippen LogP contribution is -2.32. The van der Waals surface area contributed by atoms with Gasteiger partial charge in [0, 0.05) is 11.6 Å². The molecule has 0 aromatic heterocycles. The molecule has 1 saturated heterocycles. The summed E-state index contributed by atoms with van der Waals surface area (Å²) < 4.78 is 0. The molecular formula is C20H19ClN2OS. The zero-order valence-electron chi connectivity index (χ0n) is 14.1. The van der Waals surface area contributed by atoms with Crippen LogP contribution in [-0.2, 0) is 4.79 Å². The SMILES string of the molecule is CC(C)CN1C(=O)/C(=C\c2ccccc2Cl)SC1=Nc1ccccc1. The number of para-hydroxylation sites is 1. The highest BCUT2D eigenvalue weighted by Crippen LogP contribution is 2.35. The third kappa shape index (κ3) is 4.33. The molecule has 25 heavy (non-hydrogen) atoms. The minimum absolute atomic E-state index is 0.0201. The van der Waals surface area contributed by atoms with Crippen LogP contribution in [0.5, 0.6) is 0 Å². The average molecular weight is 371 g/mol. The summed E-state index contributed by atoms with van der Waals surface area (Å²) >= 11 is 7.62. The molecule has 1 heterocycles.